The highest BCUT2D eigenvalue weighted by molar-refractivity contribution is 5.89. The van der Waals surface area contributed by atoms with Crippen LogP contribution in [-0.2, 0) is 0 Å². The van der Waals surface area contributed by atoms with Crippen LogP contribution in [0.1, 0.15) is 5.56 Å². The van der Waals surface area contributed by atoms with Gasteiger partial charge in [-0.2, -0.15) is 4.98 Å². The number of rotatable bonds is 2. The summed E-state index contributed by atoms with van der Waals surface area (Å²) >= 11 is 0. The monoisotopic (exact) mass is 268 g/mol. The second-order valence-electron chi connectivity index (χ2n) is 4.51. The zero-order chi connectivity index (χ0) is 14.1. The summed E-state index contributed by atoms with van der Waals surface area (Å²) in [7, 11) is 0. The molecule has 3 N–H and O–H groups in total. The first-order valence-electron chi connectivity index (χ1n) is 6.19. The summed E-state index contributed by atoms with van der Waals surface area (Å²) in [5.41, 5.74) is 8.25. The van der Waals surface area contributed by atoms with E-state index in [1.165, 1.54) is 6.07 Å². The SMILES string of the molecule is Cc1ccccc1Nc1nc(N)c2c(F)cccc2n1. The van der Waals surface area contributed by atoms with Gasteiger partial charge >= 0.3 is 0 Å². The number of nitrogens with zero attached hydrogens (tertiary/aromatic N) is 2. The van der Waals surface area contributed by atoms with E-state index in [0.29, 0.717) is 11.5 Å². The first-order chi connectivity index (χ1) is 9.65. The average molecular weight is 268 g/mol. The van der Waals surface area contributed by atoms with E-state index in [4.69, 9.17) is 5.73 Å². The molecule has 5 heteroatoms. The lowest BCUT2D eigenvalue weighted by atomic mass is 10.2. The molecule has 0 unspecified atom stereocenters. The van der Waals surface area contributed by atoms with Crippen LogP contribution < -0.4 is 11.1 Å². The lowest BCUT2D eigenvalue weighted by molar-refractivity contribution is 0.639. The van der Waals surface area contributed by atoms with E-state index in [0.717, 1.165) is 11.3 Å². The number of para-hydroxylation sites is 1. The van der Waals surface area contributed by atoms with Gasteiger partial charge in [0.25, 0.3) is 0 Å². The van der Waals surface area contributed by atoms with E-state index in [2.05, 4.69) is 15.3 Å². The van der Waals surface area contributed by atoms with Crippen LogP contribution in [0.15, 0.2) is 42.5 Å². The van der Waals surface area contributed by atoms with E-state index < -0.39 is 5.82 Å². The van der Waals surface area contributed by atoms with Crippen molar-refractivity contribution in [1.29, 1.82) is 0 Å². The van der Waals surface area contributed by atoms with Gasteiger partial charge in [-0.3, -0.25) is 0 Å². The molecule has 0 bridgehead atoms. The van der Waals surface area contributed by atoms with Crippen molar-refractivity contribution in [2.75, 3.05) is 11.1 Å². The highest BCUT2D eigenvalue weighted by Crippen LogP contribution is 2.24. The topological polar surface area (TPSA) is 63.8 Å². The third-order valence-electron chi connectivity index (χ3n) is 3.09. The van der Waals surface area contributed by atoms with Crippen molar-refractivity contribution in [3.63, 3.8) is 0 Å². The summed E-state index contributed by atoms with van der Waals surface area (Å²) in [4.78, 5) is 8.41. The molecular formula is C15H13FN4. The zero-order valence-corrected chi connectivity index (χ0v) is 10.9. The van der Waals surface area contributed by atoms with Gasteiger partial charge < -0.3 is 11.1 Å². The molecule has 1 aromatic heterocycles. The third kappa shape index (κ3) is 2.14. The summed E-state index contributed by atoms with van der Waals surface area (Å²) in [6.07, 6.45) is 0. The van der Waals surface area contributed by atoms with Crippen LogP contribution in [-0.4, -0.2) is 9.97 Å². The molecule has 2 aromatic carbocycles. The van der Waals surface area contributed by atoms with Crippen molar-refractivity contribution in [3.8, 4) is 0 Å². The Labute approximate surface area is 115 Å². The van der Waals surface area contributed by atoms with E-state index in [1.807, 2.05) is 31.2 Å². The molecule has 1 heterocycles. The van der Waals surface area contributed by atoms with Gasteiger partial charge in [0.2, 0.25) is 5.95 Å². The maximum absolute atomic E-state index is 13.7. The molecule has 4 nitrogen and oxygen atoms in total. The summed E-state index contributed by atoms with van der Waals surface area (Å²) in [5, 5.41) is 3.35. The van der Waals surface area contributed by atoms with E-state index in [-0.39, 0.29) is 11.2 Å². The minimum atomic E-state index is -0.414. The second-order valence-corrected chi connectivity index (χ2v) is 4.51. The normalized spacial score (nSPS) is 10.7. The number of nitrogens with one attached hydrogen (secondary N) is 1. The fourth-order valence-corrected chi connectivity index (χ4v) is 2.06. The number of hydrogen-bond donors (Lipinski definition) is 2. The van der Waals surface area contributed by atoms with Crippen molar-refractivity contribution in [2.45, 2.75) is 6.92 Å². The second kappa shape index (κ2) is 4.77. The number of aromatic nitrogens is 2. The number of nitrogen functional groups attached to an aromatic ring is 1. The molecule has 3 rings (SSSR count). The van der Waals surface area contributed by atoms with Crippen LogP contribution in [0.5, 0.6) is 0 Å². The lowest BCUT2D eigenvalue weighted by Gasteiger charge is -2.10. The first-order valence-corrected chi connectivity index (χ1v) is 6.19. The minimum Gasteiger partial charge on any atom is -0.383 e. The molecule has 0 radical (unpaired) electrons. The molecule has 100 valence electrons. The Kier molecular flexibility index (Phi) is 2.95. The highest BCUT2D eigenvalue weighted by atomic mass is 19.1. The fourth-order valence-electron chi connectivity index (χ4n) is 2.06. The summed E-state index contributed by atoms with van der Waals surface area (Å²) in [5.74, 6) is 0.0709. The molecule has 0 fully saturated rings. The van der Waals surface area contributed by atoms with Gasteiger partial charge in [-0.1, -0.05) is 24.3 Å². The summed E-state index contributed by atoms with van der Waals surface area (Å²) < 4.78 is 13.7. The van der Waals surface area contributed by atoms with Crippen molar-refractivity contribution < 1.29 is 4.39 Å². The largest absolute Gasteiger partial charge is 0.383 e. The van der Waals surface area contributed by atoms with Crippen LogP contribution >= 0.6 is 0 Å². The van der Waals surface area contributed by atoms with E-state index in [1.54, 1.807) is 12.1 Å². The van der Waals surface area contributed by atoms with Crippen LogP contribution in [0.3, 0.4) is 0 Å². The Balaban J connectivity index is 2.08. The van der Waals surface area contributed by atoms with Gasteiger partial charge in [-0.15, -0.1) is 0 Å². The molecular weight excluding hydrogens is 255 g/mol. The van der Waals surface area contributed by atoms with Crippen molar-refractivity contribution in [2.24, 2.45) is 0 Å². The van der Waals surface area contributed by atoms with Crippen molar-refractivity contribution in [3.05, 3.63) is 53.8 Å². The van der Waals surface area contributed by atoms with Crippen LogP contribution in [0.2, 0.25) is 0 Å². The Morgan fingerprint density at radius 3 is 2.65 bits per heavy atom. The number of nitrogens with two attached hydrogens (primary N) is 1. The van der Waals surface area contributed by atoms with Gasteiger partial charge in [0.1, 0.15) is 11.6 Å². The zero-order valence-electron chi connectivity index (χ0n) is 10.9. The van der Waals surface area contributed by atoms with Crippen LogP contribution in [0.25, 0.3) is 10.9 Å². The molecule has 0 saturated heterocycles. The molecule has 0 aliphatic rings. The maximum atomic E-state index is 13.7. The Morgan fingerprint density at radius 1 is 1.05 bits per heavy atom. The summed E-state index contributed by atoms with van der Waals surface area (Å²) in [6, 6.07) is 12.4. The molecule has 20 heavy (non-hydrogen) atoms. The number of aryl methyl sites for hydroxylation is 1. The predicted octanol–water partition coefficient (Wildman–Crippen LogP) is 3.40. The summed E-state index contributed by atoms with van der Waals surface area (Å²) in [6.45, 7) is 1.98. The molecule has 0 atom stereocenters. The van der Waals surface area contributed by atoms with E-state index >= 15 is 0 Å². The number of benzene rings is 2. The van der Waals surface area contributed by atoms with Gasteiger partial charge in [-0.25, -0.2) is 9.37 Å². The molecule has 0 spiro atoms. The Bertz CT molecular complexity index is 786. The van der Waals surface area contributed by atoms with Crippen molar-refractivity contribution in [1.82, 2.24) is 9.97 Å². The molecule has 3 aromatic rings. The average Bonchev–Trinajstić information content (AvgIpc) is 2.41. The molecule has 0 aliphatic carbocycles. The Hall–Kier alpha value is -2.69. The minimum absolute atomic E-state index is 0.129. The van der Waals surface area contributed by atoms with Crippen LogP contribution in [0, 0.1) is 12.7 Å². The Morgan fingerprint density at radius 2 is 1.85 bits per heavy atom. The van der Waals surface area contributed by atoms with Gasteiger partial charge in [-0.05, 0) is 30.7 Å². The van der Waals surface area contributed by atoms with Gasteiger partial charge in [0.15, 0.2) is 0 Å². The first kappa shape index (κ1) is 12.3. The van der Waals surface area contributed by atoms with Crippen molar-refractivity contribution >= 4 is 28.4 Å². The van der Waals surface area contributed by atoms with Gasteiger partial charge in [0.05, 0.1) is 10.9 Å². The molecule has 0 saturated carbocycles. The molecule has 0 aliphatic heterocycles. The number of anilines is 3. The molecule has 0 amide bonds. The van der Waals surface area contributed by atoms with E-state index in [9.17, 15) is 4.39 Å². The third-order valence-corrected chi connectivity index (χ3v) is 3.09. The lowest BCUT2D eigenvalue weighted by Crippen LogP contribution is -2.03. The quantitative estimate of drug-likeness (QED) is 0.747. The number of hydrogen-bond acceptors (Lipinski definition) is 4. The van der Waals surface area contributed by atoms with Gasteiger partial charge in [0, 0.05) is 5.69 Å². The highest BCUT2D eigenvalue weighted by Gasteiger charge is 2.09. The maximum Gasteiger partial charge on any atom is 0.229 e. The number of halogens is 1. The van der Waals surface area contributed by atoms with Crippen LogP contribution in [0.4, 0.5) is 21.8 Å². The predicted molar refractivity (Wildman–Crippen MR) is 78.4 cm³/mol. The standard InChI is InChI=1S/C15H13FN4/c1-9-5-2-3-7-11(9)18-15-19-12-8-4-6-10(16)13(12)14(17)20-15/h2-8H,1H3,(H3,17,18,19,20). The smallest absolute Gasteiger partial charge is 0.229 e. The number of fused-ring (bicyclic) bond motifs is 1. The fraction of sp³-hybridized carbons (Fsp3) is 0.0667.